The molecule has 0 aromatic carbocycles. The molecule has 1 aromatic heterocycles. The Morgan fingerprint density at radius 1 is 1.18 bits per heavy atom. The second-order valence-corrected chi connectivity index (χ2v) is 9.11. The molecule has 1 aromatic rings. The molecule has 5 heteroatoms. The number of allylic oxidation sites excluding steroid dienone is 7. The largest absolute Gasteiger partial charge is 0.381 e. The molecule has 3 aliphatic rings. The molecule has 0 amide bonds. The van der Waals surface area contributed by atoms with Crippen LogP contribution in [-0.2, 0) is 9.47 Å². The van der Waals surface area contributed by atoms with Crippen molar-refractivity contribution in [3.05, 3.63) is 83.1 Å². The quantitative estimate of drug-likeness (QED) is 0.670. The van der Waals surface area contributed by atoms with Crippen molar-refractivity contribution in [1.29, 1.82) is 0 Å². The van der Waals surface area contributed by atoms with Crippen molar-refractivity contribution in [3.8, 4) is 0 Å². The molecule has 4 rings (SSSR count). The second-order valence-electron chi connectivity index (χ2n) is 9.11. The summed E-state index contributed by atoms with van der Waals surface area (Å²) in [7, 11) is 0. The van der Waals surface area contributed by atoms with Gasteiger partial charge in [-0.1, -0.05) is 12.7 Å². The number of morpholine rings is 1. The highest BCUT2D eigenvalue weighted by Crippen LogP contribution is 2.40. The average molecular weight is 448 g/mol. The molecule has 1 N–H and O–H groups in total. The van der Waals surface area contributed by atoms with Crippen molar-refractivity contribution < 1.29 is 9.47 Å². The molecule has 5 nitrogen and oxygen atoms in total. The summed E-state index contributed by atoms with van der Waals surface area (Å²) in [5.74, 6) is 1.59. The molecule has 2 fully saturated rings. The minimum Gasteiger partial charge on any atom is -0.381 e. The van der Waals surface area contributed by atoms with E-state index >= 15 is 0 Å². The maximum atomic E-state index is 5.83. The monoisotopic (exact) mass is 447 g/mol. The third-order valence-electron chi connectivity index (χ3n) is 6.96. The maximum Gasteiger partial charge on any atom is 0.106 e. The first-order valence-corrected chi connectivity index (χ1v) is 12.2. The van der Waals surface area contributed by atoms with E-state index in [9.17, 15) is 0 Å². The first-order valence-electron chi connectivity index (χ1n) is 12.2. The van der Waals surface area contributed by atoms with E-state index in [1.807, 2.05) is 24.5 Å². The standard InChI is InChI=1S/C28H37N3O2/c1-5-20(2)28-25(24-7-6-14-32-15-10-24)17-27(31-13-16-33-19-21(31)3)30-18-26(28)22(4)23-8-11-29-12-9-23/h5,8-9,11-12,17-18,21,24,30H,4,6-7,10,13-16,19H2,1-3H3/b20-5-/t21-,24+/m1/s1. The van der Waals surface area contributed by atoms with Crippen LogP contribution in [0.3, 0.4) is 0 Å². The van der Waals surface area contributed by atoms with E-state index in [0.29, 0.717) is 12.0 Å². The van der Waals surface area contributed by atoms with Gasteiger partial charge in [-0.3, -0.25) is 4.98 Å². The number of rotatable bonds is 5. The minimum absolute atomic E-state index is 0.320. The average Bonchev–Trinajstić information content (AvgIpc) is 3.23. The summed E-state index contributed by atoms with van der Waals surface area (Å²) in [6.07, 6.45) is 13.7. The van der Waals surface area contributed by atoms with Gasteiger partial charge < -0.3 is 19.7 Å². The van der Waals surface area contributed by atoms with Crippen molar-refractivity contribution in [2.75, 3.05) is 33.0 Å². The summed E-state index contributed by atoms with van der Waals surface area (Å²) >= 11 is 0. The van der Waals surface area contributed by atoms with Crippen LogP contribution in [-0.4, -0.2) is 48.9 Å². The van der Waals surface area contributed by atoms with Gasteiger partial charge in [0.05, 0.1) is 19.3 Å². The lowest BCUT2D eigenvalue weighted by Crippen LogP contribution is -2.45. The number of nitrogens with one attached hydrogen (secondary N) is 1. The van der Waals surface area contributed by atoms with Gasteiger partial charge in [0.2, 0.25) is 0 Å². The van der Waals surface area contributed by atoms with Gasteiger partial charge in [-0.25, -0.2) is 0 Å². The van der Waals surface area contributed by atoms with Gasteiger partial charge in [0.1, 0.15) is 5.82 Å². The maximum absolute atomic E-state index is 5.83. The van der Waals surface area contributed by atoms with Crippen LogP contribution in [0.2, 0.25) is 0 Å². The summed E-state index contributed by atoms with van der Waals surface area (Å²) in [6.45, 7) is 15.1. The third kappa shape index (κ3) is 5.31. The van der Waals surface area contributed by atoms with E-state index in [2.05, 4.69) is 60.9 Å². The molecule has 2 saturated heterocycles. The first-order chi connectivity index (χ1) is 16.1. The van der Waals surface area contributed by atoms with Gasteiger partial charge in [-0.15, -0.1) is 0 Å². The smallest absolute Gasteiger partial charge is 0.106 e. The lowest BCUT2D eigenvalue weighted by Gasteiger charge is -2.36. The van der Waals surface area contributed by atoms with Crippen molar-refractivity contribution in [1.82, 2.24) is 15.2 Å². The number of hydrogen-bond donors (Lipinski definition) is 1. The zero-order valence-corrected chi connectivity index (χ0v) is 20.3. The van der Waals surface area contributed by atoms with E-state index in [1.54, 1.807) is 0 Å². The first kappa shape index (κ1) is 23.5. The van der Waals surface area contributed by atoms with Crippen LogP contribution in [0.25, 0.3) is 5.57 Å². The topological polar surface area (TPSA) is 46.6 Å². The van der Waals surface area contributed by atoms with Crippen LogP contribution < -0.4 is 5.32 Å². The second kappa shape index (κ2) is 11.0. The van der Waals surface area contributed by atoms with E-state index in [1.165, 1.54) is 16.7 Å². The lowest BCUT2D eigenvalue weighted by atomic mass is 9.81. The fraction of sp³-hybridized carbons (Fsp3) is 0.464. The van der Waals surface area contributed by atoms with Crippen molar-refractivity contribution in [2.24, 2.45) is 5.92 Å². The van der Waals surface area contributed by atoms with Crippen LogP contribution >= 0.6 is 0 Å². The Bertz CT molecular complexity index is 966. The van der Waals surface area contributed by atoms with Crippen molar-refractivity contribution in [3.63, 3.8) is 0 Å². The van der Waals surface area contributed by atoms with Crippen molar-refractivity contribution in [2.45, 2.75) is 46.1 Å². The summed E-state index contributed by atoms with van der Waals surface area (Å²) in [5, 5.41) is 3.67. The molecule has 0 unspecified atom stereocenters. The Hall–Kier alpha value is -2.63. The molecular formula is C28H37N3O2. The van der Waals surface area contributed by atoms with Gasteiger partial charge in [-0.2, -0.15) is 0 Å². The van der Waals surface area contributed by atoms with E-state index in [-0.39, 0.29) is 0 Å². The molecular weight excluding hydrogens is 410 g/mol. The minimum atomic E-state index is 0.320. The Balaban J connectivity index is 1.86. The van der Waals surface area contributed by atoms with E-state index in [0.717, 1.165) is 74.8 Å². The van der Waals surface area contributed by atoms with Crippen LogP contribution in [0, 0.1) is 5.92 Å². The highest BCUT2D eigenvalue weighted by Gasteiger charge is 2.28. The van der Waals surface area contributed by atoms with Gasteiger partial charge in [-0.05, 0) is 92.0 Å². The number of aromatic nitrogens is 1. The molecule has 0 aliphatic carbocycles. The molecule has 0 saturated carbocycles. The van der Waals surface area contributed by atoms with Crippen LogP contribution in [0.15, 0.2) is 77.6 Å². The fourth-order valence-corrected chi connectivity index (χ4v) is 4.95. The normalized spacial score (nSPS) is 24.9. The number of hydrogen-bond acceptors (Lipinski definition) is 5. The zero-order chi connectivity index (χ0) is 23.2. The molecule has 0 spiro atoms. The zero-order valence-electron chi connectivity index (χ0n) is 20.3. The van der Waals surface area contributed by atoms with Gasteiger partial charge >= 0.3 is 0 Å². The Labute approximate surface area is 198 Å². The number of nitrogens with zero attached hydrogens (tertiary/aromatic N) is 2. The van der Waals surface area contributed by atoms with E-state index in [4.69, 9.17) is 9.47 Å². The number of pyridine rings is 1. The predicted octanol–water partition coefficient (Wildman–Crippen LogP) is 5.22. The van der Waals surface area contributed by atoms with Crippen molar-refractivity contribution >= 4 is 5.57 Å². The van der Waals surface area contributed by atoms with Crippen LogP contribution in [0.4, 0.5) is 0 Å². The SMILES string of the molecule is C=C(C1=CNC(N2CCOC[C@H]2C)=CC([C@H]2CCCOCC2)=C1/C(C)=C\C)c1ccncc1. The molecule has 33 heavy (non-hydrogen) atoms. The van der Waals surface area contributed by atoms with Gasteiger partial charge in [0, 0.05) is 43.9 Å². The summed E-state index contributed by atoms with van der Waals surface area (Å²) in [5.41, 5.74) is 7.18. The molecule has 176 valence electrons. The van der Waals surface area contributed by atoms with Gasteiger partial charge in [0.25, 0.3) is 0 Å². The fourth-order valence-electron chi connectivity index (χ4n) is 4.95. The summed E-state index contributed by atoms with van der Waals surface area (Å²) in [6, 6.07) is 4.39. The van der Waals surface area contributed by atoms with Gasteiger partial charge in [0.15, 0.2) is 0 Å². The summed E-state index contributed by atoms with van der Waals surface area (Å²) in [4.78, 5) is 6.64. The highest BCUT2D eigenvalue weighted by molar-refractivity contribution is 5.85. The highest BCUT2D eigenvalue weighted by atomic mass is 16.5. The molecule has 0 bridgehead atoms. The van der Waals surface area contributed by atoms with Crippen LogP contribution in [0.5, 0.6) is 0 Å². The number of ether oxygens (including phenoxy) is 2. The molecule has 2 atom stereocenters. The van der Waals surface area contributed by atoms with Crippen LogP contribution in [0.1, 0.15) is 45.6 Å². The Morgan fingerprint density at radius 2 is 2.00 bits per heavy atom. The summed E-state index contributed by atoms with van der Waals surface area (Å²) < 4.78 is 11.6. The molecule has 4 heterocycles. The van der Waals surface area contributed by atoms with E-state index < -0.39 is 0 Å². The predicted molar refractivity (Wildman–Crippen MR) is 134 cm³/mol. The molecule has 0 radical (unpaired) electrons. The Kier molecular flexibility index (Phi) is 7.84. The Morgan fingerprint density at radius 3 is 2.76 bits per heavy atom. The molecule has 3 aliphatic heterocycles. The lowest BCUT2D eigenvalue weighted by molar-refractivity contribution is 0.0144. The third-order valence-corrected chi connectivity index (χ3v) is 6.96.